The molecule has 70 valence electrons. The van der Waals surface area contributed by atoms with Gasteiger partial charge in [-0.3, -0.25) is 4.79 Å². The first kappa shape index (κ1) is 11.2. The van der Waals surface area contributed by atoms with Gasteiger partial charge >= 0.3 is 5.97 Å². The summed E-state index contributed by atoms with van der Waals surface area (Å²) in [5, 5.41) is 8.70. The molecule has 3 heteroatoms. The first-order valence-corrected chi connectivity index (χ1v) is 3.93. The van der Waals surface area contributed by atoms with Crippen LogP contribution in [0.15, 0.2) is 12.2 Å². The maximum atomic E-state index is 10.6. The maximum absolute atomic E-state index is 10.6. The average molecular weight is 172 g/mol. The largest absolute Gasteiger partial charge is 0.481 e. The van der Waals surface area contributed by atoms with Crippen LogP contribution in [0.4, 0.5) is 0 Å². The quantitative estimate of drug-likeness (QED) is 0.507. The highest BCUT2D eigenvalue weighted by Gasteiger charge is 2.26. The van der Waals surface area contributed by atoms with Gasteiger partial charge in [-0.25, -0.2) is 0 Å². The number of carboxylic acids is 1. The Bertz CT molecular complexity index is 171. The molecule has 0 spiro atoms. The molecule has 0 aliphatic carbocycles. The van der Waals surface area contributed by atoms with Crippen molar-refractivity contribution < 1.29 is 14.6 Å². The Balaban J connectivity index is 3.69. The number of allylic oxidation sites excluding steroid dienone is 1. The fourth-order valence-corrected chi connectivity index (χ4v) is 0.540. The van der Waals surface area contributed by atoms with Crippen molar-refractivity contribution in [3.8, 4) is 0 Å². The number of aliphatic carboxylic acids is 1. The Morgan fingerprint density at radius 1 is 1.58 bits per heavy atom. The summed E-state index contributed by atoms with van der Waals surface area (Å²) in [6, 6.07) is 0. The molecule has 0 aromatic rings. The highest BCUT2D eigenvalue weighted by Crippen LogP contribution is 2.14. The number of carboxylic acid groups (broad SMARTS) is 1. The minimum absolute atomic E-state index is 0.243. The summed E-state index contributed by atoms with van der Waals surface area (Å²) in [6.07, 6.45) is 3.71. The molecule has 0 rings (SSSR count). The zero-order valence-electron chi connectivity index (χ0n) is 7.83. The fourth-order valence-electron chi connectivity index (χ4n) is 0.540. The fraction of sp³-hybridized carbons (Fsp3) is 0.667. The van der Waals surface area contributed by atoms with Crippen molar-refractivity contribution in [1.82, 2.24) is 0 Å². The van der Waals surface area contributed by atoms with E-state index in [1.54, 1.807) is 13.8 Å². The second-order valence-electron chi connectivity index (χ2n) is 3.27. The van der Waals surface area contributed by atoms with E-state index < -0.39 is 11.4 Å². The third-order valence-corrected chi connectivity index (χ3v) is 1.49. The van der Waals surface area contributed by atoms with Crippen molar-refractivity contribution in [3.63, 3.8) is 0 Å². The molecule has 0 aromatic heterocycles. The molecule has 0 fully saturated rings. The van der Waals surface area contributed by atoms with Gasteiger partial charge in [-0.2, -0.15) is 0 Å². The third-order valence-electron chi connectivity index (χ3n) is 1.49. The van der Waals surface area contributed by atoms with E-state index in [0.29, 0.717) is 6.61 Å². The lowest BCUT2D eigenvalue weighted by Gasteiger charge is -2.17. The lowest BCUT2D eigenvalue weighted by atomic mass is 9.95. The lowest BCUT2D eigenvalue weighted by Crippen LogP contribution is -2.29. The second kappa shape index (κ2) is 4.93. The SMILES string of the molecule is CC=CCOCC(C)(C)C(=O)O. The zero-order chi connectivity index (χ0) is 9.61. The van der Waals surface area contributed by atoms with Gasteiger partial charge in [0.25, 0.3) is 0 Å². The first-order chi connectivity index (χ1) is 5.50. The van der Waals surface area contributed by atoms with E-state index >= 15 is 0 Å². The molecule has 0 saturated heterocycles. The summed E-state index contributed by atoms with van der Waals surface area (Å²) in [7, 11) is 0. The van der Waals surface area contributed by atoms with Crippen LogP contribution in [-0.4, -0.2) is 24.3 Å². The summed E-state index contributed by atoms with van der Waals surface area (Å²) in [5.41, 5.74) is -0.790. The molecule has 0 saturated carbocycles. The van der Waals surface area contributed by atoms with E-state index in [0.717, 1.165) is 0 Å². The molecule has 0 heterocycles. The van der Waals surface area contributed by atoms with Crippen LogP contribution < -0.4 is 0 Å². The Hall–Kier alpha value is -0.830. The van der Waals surface area contributed by atoms with Crippen LogP contribution in [0.2, 0.25) is 0 Å². The number of rotatable bonds is 5. The highest BCUT2D eigenvalue weighted by molar-refractivity contribution is 5.73. The molecule has 0 unspecified atom stereocenters. The van der Waals surface area contributed by atoms with Crippen molar-refractivity contribution in [3.05, 3.63) is 12.2 Å². The van der Waals surface area contributed by atoms with Gasteiger partial charge in [0.05, 0.1) is 18.6 Å². The molecule has 1 N–H and O–H groups in total. The van der Waals surface area contributed by atoms with Gasteiger partial charge in [-0.05, 0) is 20.8 Å². The molecule has 0 atom stereocenters. The van der Waals surface area contributed by atoms with Crippen molar-refractivity contribution in [2.75, 3.05) is 13.2 Å². The monoisotopic (exact) mass is 172 g/mol. The third kappa shape index (κ3) is 4.13. The molecular weight excluding hydrogens is 156 g/mol. The molecule has 0 amide bonds. The minimum Gasteiger partial charge on any atom is -0.481 e. The van der Waals surface area contributed by atoms with Crippen LogP contribution in [0.3, 0.4) is 0 Å². The van der Waals surface area contributed by atoms with Crippen LogP contribution in [0.1, 0.15) is 20.8 Å². The molecular formula is C9H16O3. The normalized spacial score (nSPS) is 12.2. The van der Waals surface area contributed by atoms with Gasteiger partial charge in [-0.1, -0.05) is 12.2 Å². The predicted molar refractivity (Wildman–Crippen MR) is 47.0 cm³/mol. The Labute approximate surface area is 73.0 Å². The van der Waals surface area contributed by atoms with E-state index in [9.17, 15) is 4.79 Å². The van der Waals surface area contributed by atoms with Crippen LogP contribution in [-0.2, 0) is 9.53 Å². The Morgan fingerprint density at radius 2 is 2.17 bits per heavy atom. The van der Waals surface area contributed by atoms with Gasteiger partial charge in [0, 0.05) is 0 Å². The molecule has 3 nitrogen and oxygen atoms in total. The van der Waals surface area contributed by atoms with Crippen molar-refractivity contribution in [1.29, 1.82) is 0 Å². The second-order valence-corrected chi connectivity index (χ2v) is 3.27. The highest BCUT2D eigenvalue weighted by atomic mass is 16.5. The first-order valence-electron chi connectivity index (χ1n) is 3.93. The standard InChI is InChI=1S/C9H16O3/c1-4-5-6-12-7-9(2,3)8(10)11/h4-5H,6-7H2,1-3H3,(H,10,11). The van der Waals surface area contributed by atoms with E-state index in [4.69, 9.17) is 9.84 Å². The summed E-state index contributed by atoms with van der Waals surface area (Å²) in [5.74, 6) is -0.831. The van der Waals surface area contributed by atoms with Gasteiger partial charge in [0.2, 0.25) is 0 Å². The van der Waals surface area contributed by atoms with E-state index in [1.807, 2.05) is 19.1 Å². The topological polar surface area (TPSA) is 46.5 Å². The van der Waals surface area contributed by atoms with Crippen LogP contribution in [0.5, 0.6) is 0 Å². The number of ether oxygens (including phenoxy) is 1. The smallest absolute Gasteiger partial charge is 0.311 e. The van der Waals surface area contributed by atoms with E-state index in [-0.39, 0.29) is 6.61 Å². The van der Waals surface area contributed by atoms with Gasteiger partial charge in [0.1, 0.15) is 0 Å². The predicted octanol–water partition coefficient (Wildman–Crippen LogP) is 1.69. The summed E-state index contributed by atoms with van der Waals surface area (Å²) in [4.78, 5) is 10.6. The zero-order valence-corrected chi connectivity index (χ0v) is 7.83. The molecule has 0 aliphatic rings. The van der Waals surface area contributed by atoms with Gasteiger partial charge in [-0.15, -0.1) is 0 Å². The average Bonchev–Trinajstić information content (AvgIpc) is 1.98. The Kier molecular flexibility index (Phi) is 4.59. The molecule has 0 aromatic carbocycles. The summed E-state index contributed by atoms with van der Waals surface area (Å²) < 4.78 is 5.13. The van der Waals surface area contributed by atoms with E-state index in [2.05, 4.69) is 0 Å². The van der Waals surface area contributed by atoms with E-state index in [1.165, 1.54) is 0 Å². The van der Waals surface area contributed by atoms with Crippen LogP contribution in [0, 0.1) is 5.41 Å². The van der Waals surface area contributed by atoms with Crippen LogP contribution >= 0.6 is 0 Å². The molecule has 0 bridgehead atoms. The van der Waals surface area contributed by atoms with Gasteiger partial charge < -0.3 is 9.84 Å². The van der Waals surface area contributed by atoms with Crippen molar-refractivity contribution >= 4 is 5.97 Å². The number of carbonyl (C=O) groups is 1. The number of hydrogen-bond acceptors (Lipinski definition) is 2. The maximum Gasteiger partial charge on any atom is 0.311 e. The summed E-state index contributed by atoms with van der Waals surface area (Å²) >= 11 is 0. The lowest BCUT2D eigenvalue weighted by molar-refractivity contribution is -0.150. The van der Waals surface area contributed by atoms with Crippen molar-refractivity contribution in [2.45, 2.75) is 20.8 Å². The summed E-state index contributed by atoms with van der Waals surface area (Å²) in [6.45, 7) is 5.90. The molecule has 12 heavy (non-hydrogen) atoms. The minimum atomic E-state index is -0.831. The molecule has 0 radical (unpaired) electrons. The van der Waals surface area contributed by atoms with Gasteiger partial charge in [0.15, 0.2) is 0 Å². The Morgan fingerprint density at radius 3 is 2.58 bits per heavy atom. The number of hydrogen-bond donors (Lipinski definition) is 1. The van der Waals surface area contributed by atoms with Crippen LogP contribution in [0.25, 0.3) is 0 Å². The molecule has 0 aliphatic heterocycles. The van der Waals surface area contributed by atoms with Crippen molar-refractivity contribution in [2.24, 2.45) is 5.41 Å².